The van der Waals surface area contributed by atoms with E-state index in [1.54, 1.807) is 17.1 Å². The third-order valence-corrected chi connectivity index (χ3v) is 6.59. The van der Waals surface area contributed by atoms with Crippen LogP contribution in [0.15, 0.2) is 30.6 Å². The molecule has 0 bridgehead atoms. The molecule has 1 aliphatic carbocycles. The van der Waals surface area contributed by atoms with Crippen LogP contribution in [0, 0.1) is 5.92 Å². The van der Waals surface area contributed by atoms with Gasteiger partial charge in [0.25, 0.3) is 0 Å². The lowest BCUT2D eigenvalue weighted by atomic mass is 10.0. The van der Waals surface area contributed by atoms with Gasteiger partial charge in [-0.25, -0.2) is 15.8 Å². The molecule has 0 aromatic carbocycles. The Balaban J connectivity index is 1.47. The van der Waals surface area contributed by atoms with Gasteiger partial charge in [-0.1, -0.05) is 0 Å². The minimum Gasteiger partial charge on any atom is -0.396 e. The summed E-state index contributed by atoms with van der Waals surface area (Å²) in [5.41, 5.74) is 12.7. The van der Waals surface area contributed by atoms with E-state index < -0.39 is 17.6 Å². The van der Waals surface area contributed by atoms with E-state index in [9.17, 15) is 18.0 Å². The van der Waals surface area contributed by atoms with Crippen LogP contribution in [0.5, 0.6) is 0 Å². The van der Waals surface area contributed by atoms with E-state index in [4.69, 9.17) is 17.3 Å². The van der Waals surface area contributed by atoms with Crippen LogP contribution < -0.4 is 22.3 Å². The number of carbonyl (C=O) groups excluding carboxylic acids is 1. The Labute approximate surface area is 199 Å². The van der Waals surface area contributed by atoms with Crippen molar-refractivity contribution >= 4 is 34.1 Å². The fourth-order valence-electron chi connectivity index (χ4n) is 4.48. The predicted octanol–water partition coefficient (Wildman–Crippen LogP) is 2.96. The topological polar surface area (TPSA) is 140 Å². The van der Waals surface area contributed by atoms with Gasteiger partial charge >= 0.3 is 6.18 Å². The number of halogens is 3. The van der Waals surface area contributed by atoms with Crippen molar-refractivity contribution in [2.75, 3.05) is 29.6 Å². The highest BCUT2D eigenvalue weighted by Crippen LogP contribution is 2.37. The third kappa shape index (κ3) is 4.41. The highest BCUT2D eigenvalue weighted by Gasteiger charge is 2.36. The maximum atomic E-state index is 13.3. The van der Waals surface area contributed by atoms with Crippen molar-refractivity contribution < 1.29 is 18.0 Å². The zero-order valence-corrected chi connectivity index (χ0v) is 18.8. The van der Waals surface area contributed by atoms with Crippen LogP contribution in [0.3, 0.4) is 0 Å². The predicted molar refractivity (Wildman–Crippen MR) is 126 cm³/mol. The second-order valence-corrected chi connectivity index (χ2v) is 9.02. The van der Waals surface area contributed by atoms with Gasteiger partial charge in [0, 0.05) is 36.8 Å². The first-order valence-electron chi connectivity index (χ1n) is 11.3. The molecule has 9 nitrogen and oxygen atoms in total. The Morgan fingerprint density at radius 1 is 1.06 bits per heavy atom. The summed E-state index contributed by atoms with van der Waals surface area (Å²) < 4.78 is 40.0. The number of likely N-dealkylation sites (tertiary alicyclic amines) is 1. The number of nitrogen functional groups attached to an aromatic ring is 2. The summed E-state index contributed by atoms with van der Waals surface area (Å²) in [5, 5.41) is 1.55. The quantitative estimate of drug-likeness (QED) is 0.378. The van der Waals surface area contributed by atoms with E-state index in [-0.39, 0.29) is 29.1 Å². The first-order chi connectivity index (χ1) is 16.6. The van der Waals surface area contributed by atoms with Crippen LogP contribution in [-0.4, -0.2) is 44.9 Å². The van der Waals surface area contributed by atoms with Crippen molar-refractivity contribution in [1.29, 1.82) is 0 Å². The van der Waals surface area contributed by atoms with E-state index in [0.717, 1.165) is 18.9 Å². The van der Waals surface area contributed by atoms with Gasteiger partial charge in [0.05, 0.1) is 28.7 Å². The summed E-state index contributed by atoms with van der Waals surface area (Å²) in [6.07, 6.45) is 1.32. The molecule has 0 radical (unpaired) electrons. The molecule has 6 N–H and O–H groups in total. The van der Waals surface area contributed by atoms with Gasteiger partial charge < -0.3 is 21.4 Å². The minimum atomic E-state index is -4.65. The third-order valence-electron chi connectivity index (χ3n) is 6.59. The van der Waals surface area contributed by atoms with Crippen molar-refractivity contribution in [2.24, 2.45) is 11.8 Å². The lowest BCUT2D eigenvalue weighted by Crippen LogP contribution is -2.50. The largest absolute Gasteiger partial charge is 0.419 e. The van der Waals surface area contributed by atoms with Gasteiger partial charge in [-0.2, -0.15) is 13.2 Å². The number of anilines is 3. The number of aromatic nitrogens is 3. The lowest BCUT2D eigenvalue weighted by Gasteiger charge is -2.37. The van der Waals surface area contributed by atoms with E-state index in [1.165, 1.54) is 12.4 Å². The number of hydrogen-bond acceptors (Lipinski definition) is 8. The Bertz CT molecular complexity index is 1290. The SMILES string of the molecule is Nc1cnc2ccc(-c3cnc(N)c(C(F)(F)F)c3)nc2c1N(N)C1CCN(C(=O)C2CC2)CC1. The smallest absolute Gasteiger partial charge is 0.396 e. The Hall–Kier alpha value is -3.67. The van der Waals surface area contributed by atoms with E-state index >= 15 is 0 Å². The Morgan fingerprint density at radius 3 is 2.43 bits per heavy atom. The highest BCUT2D eigenvalue weighted by molar-refractivity contribution is 5.95. The zero-order valence-electron chi connectivity index (χ0n) is 18.8. The average Bonchev–Trinajstić information content (AvgIpc) is 3.68. The summed E-state index contributed by atoms with van der Waals surface area (Å²) in [4.78, 5) is 26.8. The number of hydrazine groups is 1. The van der Waals surface area contributed by atoms with Crippen LogP contribution in [0.25, 0.3) is 22.3 Å². The standard InChI is InChI=1S/C23H25F3N8O/c24-23(25,26)15-9-13(10-31-21(15)28)17-3-4-18-19(32-17)20(16(27)11-30-18)34(29)14-5-7-33(8-6-14)22(35)12-1-2-12/h3-4,9-12,14H,1-2,5-8,27,29H2,(H2,28,31). The molecule has 1 amide bonds. The molecule has 12 heteroatoms. The number of nitrogens with two attached hydrogens (primary N) is 3. The fraction of sp³-hybridized carbons (Fsp3) is 0.391. The summed E-state index contributed by atoms with van der Waals surface area (Å²) in [6, 6.07) is 4.04. The monoisotopic (exact) mass is 486 g/mol. The molecular weight excluding hydrogens is 461 g/mol. The summed E-state index contributed by atoms with van der Waals surface area (Å²) >= 11 is 0. The fourth-order valence-corrected chi connectivity index (χ4v) is 4.48. The summed E-state index contributed by atoms with van der Waals surface area (Å²) in [5.74, 6) is 6.30. The molecule has 1 saturated heterocycles. The van der Waals surface area contributed by atoms with Crippen LogP contribution in [0.1, 0.15) is 31.2 Å². The Kier molecular flexibility index (Phi) is 5.62. The van der Waals surface area contributed by atoms with Crippen LogP contribution >= 0.6 is 0 Å². The molecule has 184 valence electrons. The van der Waals surface area contributed by atoms with Gasteiger partial charge in [0.1, 0.15) is 17.0 Å². The van der Waals surface area contributed by atoms with Crippen molar-refractivity contribution in [3.63, 3.8) is 0 Å². The molecule has 5 rings (SSSR count). The molecule has 4 heterocycles. The molecule has 1 saturated carbocycles. The second-order valence-electron chi connectivity index (χ2n) is 9.02. The van der Waals surface area contributed by atoms with Crippen molar-refractivity contribution in [3.8, 4) is 11.3 Å². The first-order valence-corrected chi connectivity index (χ1v) is 11.3. The molecule has 0 atom stereocenters. The molecule has 0 unspecified atom stereocenters. The van der Waals surface area contributed by atoms with Gasteiger partial charge in [-0.05, 0) is 43.9 Å². The molecular formula is C23H25F3N8O. The number of nitrogens with zero attached hydrogens (tertiary/aromatic N) is 5. The number of amides is 1. The van der Waals surface area contributed by atoms with Gasteiger partial charge in [0.15, 0.2) is 0 Å². The summed E-state index contributed by atoms with van der Waals surface area (Å²) in [6.45, 7) is 1.21. The summed E-state index contributed by atoms with van der Waals surface area (Å²) in [7, 11) is 0. The maximum Gasteiger partial charge on any atom is 0.419 e. The zero-order chi connectivity index (χ0) is 24.9. The van der Waals surface area contributed by atoms with Crippen molar-refractivity contribution in [2.45, 2.75) is 37.9 Å². The lowest BCUT2D eigenvalue weighted by molar-refractivity contribution is -0.137. The number of pyridine rings is 3. The van der Waals surface area contributed by atoms with Gasteiger partial charge in [0.2, 0.25) is 5.91 Å². The van der Waals surface area contributed by atoms with Crippen molar-refractivity contribution in [3.05, 3.63) is 36.2 Å². The van der Waals surface area contributed by atoms with E-state index in [1.807, 2.05) is 4.90 Å². The minimum absolute atomic E-state index is 0.0911. The molecule has 2 fully saturated rings. The first kappa shape index (κ1) is 23.1. The average molecular weight is 487 g/mol. The molecule has 2 aliphatic rings. The number of hydrogen-bond donors (Lipinski definition) is 3. The van der Waals surface area contributed by atoms with Crippen LogP contribution in [-0.2, 0) is 11.0 Å². The molecule has 35 heavy (non-hydrogen) atoms. The Morgan fingerprint density at radius 2 is 1.77 bits per heavy atom. The van der Waals surface area contributed by atoms with Crippen LogP contribution in [0.2, 0.25) is 0 Å². The van der Waals surface area contributed by atoms with E-state index in [0.29, 0.717) is 48.3 Å². The number of fused-ring (bicyclic) bond motifs is 1. The van der Waals surface area contributed by atoms with Gasteiger partial charge in [-0.3, -0.25) is 9.78 Å². The normalized spacial score (nSPS) is 17.1. The van der Waals surface area contributed by atoms with Crippen LogP contribution in [0.4, 0.5) is 30.4 Å². The number of rotatable bonds is 4. The number of piperidine rings is 1. The molecule has 3 aromatic rings. The molecule has 1 aliphatic heterocycles. The van der Waals surface area contributed by atoms with Crippen molar-refractivity contribution in [1.82, 2.24) is 19.9 Å². The van der Waals surface area contributed by atoms with Gasteiger partial charge in [-0.15, -0.1) is 0 Å². The second kappa shape index (κ2) is 8.52. The highest BCUT2D eigenvalue weighted by atomic mass is 19.4. The maximum absolute atomic E-state index is 13.3. The molecule has 0 spiro atoms. The van der Waals surface area contributed by atoms with E-state index in [2.05, 4.69) is 15.0 Å². The molecule has 3 aromatic heterocycles. The number of alkyl halides is 3. The number of carbonyl (C=O) groups is 1.